The Morgan fingerprint density at radius 2 is 1.81 bits per heavy atom. The molecule has 1 fully saturated rings. The van der Waals surface area contributed by atoms with Crippen molar-refractivity contribution >= 4 is 36.7 Å². The van der Waals surface area contributed by atoms with Crippen LogP contribution in [0.5, 0.6) is 0 Å². The van der Waals surface area contributed by atoms with E-state index in [-0.39, 0.29) is 18.0 Å². The van der Waals surface area contributed by atoms with Crippen LogP contribution >= 0.6 is 11.6 Å². The van der Waals surface area contributed by atoms with E-state index in [1.165, 1.54) is 14.0 Å². The first-order valence-electron chi connectivity index (χ1n) is 8.65. The molecule has 2 rings (SSSR count). The summed E-state index contributed by atoms with van der Waals surface area (Å²) in [5.74, 6) is -0.682. The summed E-state index contributed by atoms with van der Waals surface area (Å²) >= 11 is 6.08. The van der Waals surface area contributed by atoms with Crippen molar-refractivity contribution in [3.63, 3.8) is 0 Å². The highest BCUT2D eigenvalue weighted by Gasteiger charge is 2.52. The van der Waals surface area contributed by atoms with E-state index in [1.807, 2.05) is 33.8 Å². The molecule has 1 aliphatic heterocycles. The number of hydrogen-bond acceptors (Lipinski definition) is 5. The Morgan fingerprint density at radius 3 is 2.33 bits per heavy atom. The van der Waals surface area contributed by atoms with Crippen LogP contribution in [-0.4, -0.2) is 43.9 Å². The number of ether oxygens (including phenoxy) is 1. The third-order valence-corrected chi connectivity index (χ3v) is 5.17. The van der Waals surface area contributed by atoms with Crippen LogP contribution in [0, 0.1) is 0 Å². The van der Waals surface area contributed by atoms with Gasteiger partial charge in [0.25, 0.3) is 0 Å². The van der Waals surface area contributed by atoms with Crippen molar-refractivity contribution in [3.8, 4) is 0 Å². The van der Waals surface area contributed by atoms with Crippen LogP contribution in [0.25, 0.3) is 6.08 Å². The summed E-state index contributed by atoms with van der Waals surface area (Å²) < 4.78 is 16.9. The molecule has 1 amide bonds. The standard InChI is InChI=1S/C19H25BClNO5/c1-12(23)22-11-14(20-26-18(2,3)19(4,5)27-20)9-13-7-8-16(21)15(10-13)17(24)25-6/h7-10H,11H2,1-6H3,(H,22,23). The lowest BCUT2D eigenvalue weighted by Crippen LogP contribution is -2.41. The molecular formula is C19H25BClNO5. The monoisotopic (exact) mass is 393 g/mol. The molecule has 6 nitrogen and oxygen atoms in total. The third kappa shape index (κ3) is 4.92. The molecule has 0 unspecified atom stereocenters. The zero-order valence-electron chi connectivity index (χ0n) is 16.5. The summed E-state index contributed by atoms with van der Waals surface area (Å²) in [7, 11) is 0.674. The molecule has 1 N–H and O–H groups in total. The van der Waals surface area contributed by atoms with Gasteiger partial charge in [0.15, 0.2) is 0 Å². The minimum atomic E-state index is -0.626. The van der Waals surface area contributed by atoms with Crippen LogP contribution in [0.3, 0.4) is 0 Å². The summed E-state index contributed by atoms with van der Waals surface area (Å²) in [6.45, 7) is 9.53. The smallest absolute Gasteiger partial charge is 0.465 e. The lowest BCUT2D eigenvalue weighted by molar-refractivity contribution is -0.118. The molecule has 0 aromatic heterocycles. The van der Waals surface area contributed by atoms with E-state index in [0.717, 1.165) is 11.0 Å². The van der Waals surface area contributed by atoms with Crippen LogP contribution in [0.2, 0.25) is 5.02 Å². The molecule has 1 aromatic rings. The minimum Gasteiger partial charge on any atom is -0.465 e. The Labute approximate surface area is 165 Å². The minimum absolute atomic E-state index is 0.163. The molecule has 146 valence electrons. The summed E-state index contributed by atoms with van der Waals surface area (Å²) in [5.41, 5.74) is 0.687. The molecule has 1 heterocycles. The van der Waals surface area contributed by atoms with Crippen LogP contribution in [0.15, 0.2) is 23.7 Å². The molecule has 1 aromatic carbocycles. The molecule has 0 atom stereocenters. The van der Waals surface area contributed by atoms with Crippen LogP contribution in [0.1, 0.15) is 50.5 Å². The fourth-order valence-corrected chi connectivity index (χ4v) is 2.73. The van der Waals surface area contributed by atoms with E-state index in [0.29, 0.717) is 5.02 Å². The number of hydrogen-bond donors (Lipinski definition) is 1. The average Bonchev–Trinajstić information content (AvgIpc) is 2.79. The number of methoxy groups -OCH3 is 1. The highest BCUT2D eigenvalue weighted by molar-refractivity contribution is 6.56. The van der Waals surface area contributed by atoms with Gasteiger partial charge in [-0.1, -0.05) is 23.7 Å². The van der Waals surface area contributed by atoms with E-state index in [4.69, 9.17) is 25.6 Å². The van der Waals surface area contributed by atoms with Gasteiger partial charge in [0, 0.05) is 13.5 Å². The summed E-state index contributed by atoms with van der Waals surface area (Å²) in [6, 6.07) is 5.03. The number of nitrogens with one attached hydrogen (secondary N) is 1. The van der Waals surface area contributed by atoms with Gasteiger partial charge in [0.1, 0.15) is 0 Å². The highest BCUT2D eigenvalue weighted by Crippen LogP contribution is 2.38. The molecule has 1 aliphatic rings. The van der Waals surface area contributed by atoms with Gasteiger partial charge in [0.2, 0.25) is 5.91 Å². The molecule has 0 bridgehead atoms. The average molecular weight is 394 g/mol. The van der Waals surface area contributed by atoms with Crippen molar-refractivity contribution in [2.45, 2.75) is 45.8 Å². The maximum Gasteiger partial charge on any atom is 0.492 e. The number of carbonyl (C=O) groups excluding carboxylic acids is 2. The Balaban J connectivity index is 2.40. The largest absolute Gasteiger partial charge is 0.492 e. The van der Waals surface area contributed by atoms with Gasteiger partial charge in [0.05, 0.1) is 28.9 Å². The quantitative estimate of drug-likeness (QED) is 0.614. The predicted octanol–water partition coefficient (Wildman–Crippen LogP) is 3.28. The molecule has 0 aliphatic carbocycles. The van der Waals surface area contributed by atoms with Gasteiger partial charge in [-0.2, -0.15) is 0 Å². The summed E-state index contributed by atoms with van der Waals surface area (Å²) in [5, 5.41) is 3.08. The molecule has 0 spiro atoms. The number of halogens is 1. The molecule has 1 saturated heterocycles. The van der Waals surface area contributed by atoms with Crippen LogP contribution < -0.4 is 5.32 Å². The SMILES string of the molecule is COC(=O)c1cc(C=C(CNC(C)=O)B2OC(C)(C)C(C)(C)O2)ccc1Cl. The van der Waals surface area contributed by atoms with Crippen molar-refractivity contribution < 1.29 is 23.6 Å². The van der Waals surface area contributed by atoms with Crippen molar-refractivity contribution in [1.29, 1.82) is 0 Å². The maximum absolute atomic E-state index is 11.9. The van der Waals surface area contributed by atoms with Gasteiger partial charge < -0.3 is 19.4 Å². The van der Waals surface area contributed by atoms with Crippen LogP contribution in [0.4, 0.5) is 0 Å². The molecular weight excluding hydrogens is 368 g/mol. The molecule has 8 heteroatoms. The van der Waals surface area contributed by atoms with Gasteiger partial charge in [-0.15, -0.1) is 0 Å². The van der Waals surface area contributed by atoms with Gasteiger partial charge in [-0.3, -0.25) is 4.79 Å². The zero-order chi connectivity index (χ0) is 20.4. The number of amides is 1. The maximum atomic E-state index is 11.9. The topological polar surface area (TPSA) is 73.9 Å². The lowest BCUT2D eigenvalue weighted by Gasteiger charge is -2.32. The molecule has 0 radical (unpaired) electrons. The van der Waals surface area contributed by atoms with Gasteiger partial charge in [-0.25, -0.2) is 4.79 Å². The van der Waals surface area contributed by atoms with E-state index < -0.39 is 24.3 Å². The van der Waals surface area contributed by atoms with E-state index >= 15 is 0 Å². The van der Waals surface area contributed by atoms with Crippen LogP contribution in [-0.2, 0) is 18.8 Å². The second kappa shape index (κ2) is 8.04. The Morgan fingerprint density at radius 1 is 1.22 bits per heavy atom. The van der Waals surface area contributed by atoms with E-state index in [1.54, 1.807) is 18.2 Å². The lowest BCUT2D eigenvalue weighted by atomic mass is 9.77. The number of benzene rings is 1. The van der Waals surface area contributed by atoms with Gasteiger partial charge >= 0.3 is 13.1 Å². The summed E-state index contributed by atoms with van der Waals surface area (Å²) in [6.07, 6.45) is 1.82. The first-order valence-corrected chi connectivity index (χ1v) is 9.03. The fraction of sp³-hybridized carbons (Fsp3) is 0.474. The predicted molar refractivity (Wildman–Crippen MR) is 106 cm³/mol. The molecule has 27 heavy (non-hydrogen) atoms. The Hall–Kier alpha value is -1.83. The Bertz CT molecular complexity index is 759. The zero-order valence-corrected chi connectivity index (χ0v) is 17.3. The number of esters is 1. The van der Waals surface area contributed by atoms with Gasteiger partial charge in [-0.05, 0) is 50.9 Å². The van der Waals surface area contributed by atoms with E-state index in [2.05, 4.69) is 5.32 Å². The normalized spacial score (nSPS) is 18.3. The number of rotatable bonds is 5. The Kier molecular flexibility index (Phi) is 6.40. The van der Waals surface area contributed by atoms with E-state index in [9.17, 15) is 9.59 Å². The fourth-order valence-electron chi connectivity index (χ4n) is 2.54. The summed E-state index contributed by atoms with van der Waals surface area (Å²) in [4.78, 5) is 23.3. The van der Waals surface area contributed by atoms with Crippen molar-refractivity contribution in [1.82, 2.24) is 5.32 Å². The first kappa shape index (κ1) is 21.5. The van der Waals surface area contributed by atoms with Crippen molar-refractivity contribution in [2.75, 3.05) is 13.7 Å². The van der Waals surface area contributed by atoms with Crippen molar-refractivity contribution in [2.24, 2.45) is 0 Å². The highest BCUT2D eigenvalue weighted by atomic mass is 35.5. The second-order valence-electron chi connectivity index (χ2n) is 7.45. The van der Waals surface area contributed by atoms with Crippen molar-refractivity contribution in [3.05, 3.63) is 39.8 Å². The first-order chi connectivity index (χ1) is 12.5. The molecule has 0 saturated carbocycles. The second-order valence-corrected chi connectivity index (χ2v) is 7.86. The number of carbonyl (C=O) groups is 2. The third-order valence-electron chi connectivity index (χ3n) is 4.85.